The Labute approximate surface area is 132 Å². The zero-order chi connectivity index (χ0) is 16.0. The molecule has 0 spiro atoms. The van der Waals surface area contributed by atoms with E-state index < -0.39 is 15.5 Å². The van der Waals surface area contributed by atoms with E-state index in [0.717, 1.165) is 24.8 Å². The maximum absolute atomic E-state index is 11.3. The highest BCUT2D eigenvalue weighted by Gasteiger charge is 2.29. The molecular formula is C17H22NO3S+. The van der Waals surface area contributed by atoms with E-state index in [4.69, 9.17) is 0 Å². The molecule has 0 aliphatic rings. The average Bonchev–Trinajstić information content (AvgIpc) is 2.49. The van der Waals surface area contributed by atoms with Crippen LogP contribution in [0, 0.1) is 0 Å². The molecule has 0 aliphatic heterocycles. The van der Waals surface area contributed by atoms with Gasteiger partial charge in [0.25, 0.3) is 5.37 Å². The number of benzene rings is 1. The fraction of sp³-hybridized carbons (Fsp3) is 0.353. The van der Waals surface area contributed by atoms with Gasteiger partial charge in [-0.05, 0) is 30.4 Å². The maximum atomic E-state index is 11.3. The molecule has 2 aromatic rings. The highest BCUT2D eigenvalue weighted by atomic mass is 32.2. The summed E-state index contributed by atoms with van der Waals surface area (Å²) >= 11 is 0. The van der Waals surface area contributed by atoms with Crippen molar-refractivity contribution in [2.24, 2.45) is 0 Å². The number of aromatic nitrogens is 1. The van der Waals surface area contributed by atoms with Gasteiger partial charge < -0.3 is 0 Å². The number of hydrogen-bond acceptors (Lipinski definition) is 2. The van der Waals surface area contributed by atoms with Crippen molar-refractivity contribution in [2.45, 2.75) is 38.0 Å². The molecule has 0 bridgehead atoms. The normalized spacial score (nSPS) is 13.0. The van der Waals surface area contributed by atoms with Gasteiger partial charge >= 0.3 is 10.1 Å². The minimum absolute atomic E-state index is 0.330. The van der Waals surface area contributed by atoms with E-state index in [-0.39, 0.29) is 0 Å². The topological polar surface area (TPSA) is 58.2 Å². The van der Waals surface area contributed by atoms with Crippen molar-refractivity contribution in [2.75, 3.05) is 0 Å². The molecule has 1 heterocycles. The molecule has 1 aromatic carbocycles. The maximum Gasteiger partial charge on any atom is 0.329 e. The Balaban J connectivity index is 1.94. The van der Waals surface area contributed by atoms with Crippen molar-refractivity contribution in [3.63, 3.8) is 0 Å². The number of nitrogens with zero attached hydrogens (tertiary/aromatic N) is 1. The Morgan fingerprint density at radius 1 is 1.00 bits per heavy atom. The van der Waals surface area contributed by atoms with E-state index in [1.807, 2.05) is 30.3 Å². The third-order valence-electron chi connectivity index (χ3n) is 3.72. The summed E-state index contributed by atoms with van der Waals surface area (Å²) in [5.41, 5.74) is 2.49. The van der Waals surface area contributed by atoms with Gasteiger partial charge in [0.05, 0.1) is 0 Å². The van der Waals surface area contributed by atoms with E-state index in [0.29, 0.717) is 6.42 Å². The second kappa shape index (κ2) is 7.51. The van der Waals surface area contributed by atoms with Gasteiger partial charge in [-0.2, -0.15) is 13.0 Å². The largest absolute Gasteiger partial charge is 0.329 e. The van der Waals surface area contributed by atoms with Gasteiger partial charge in [-0.1, -0.05) is 37.3 Å². The van der Waals surface area contributed by atoms with Crippen molar-refractivity contribution in [3.05, 3.63) is 66.0 Å². The Hall–Kier alpha value is -1.72. The fourth-order valence-corrected chi connectivity index (χ4v) is 3.41. The van der Waals surface area contributed by atoms with Crippen LogP contribution in [0.15, 0.2) is 54.9 Å². The summed E-state index contributed by atoms with van der Waals surface area (Å²) in [6.45, 7) is 1.74. The number of pyridine rings is 1. The van der Waals surface area contributed by atoms with Gasteiger partial charge in [0.1, 0.15) is 0 Å². The SMILES string of the molecule is CCC([n+]1ccc(CCCc2ccccc2)cc1)S(=O)(=O)O. The first-order chi connectivity index (χ1) is 10.5. The van der Waals surface area contributed by atoms with Crippen molar-refractivity contribution >= 4 is 10.1 Å². The first kappa shape index (κ1) is 16.6. The smallest absolute Gasteiger partial charge is 0.280 e. The minimum atomic E-state index is -4.07. The molecule has 0 saturated carbocycles. The molecule has 5 heteroatoms. The van der Waals surface area contributed by atoms with Crippen molar-refractivity contribution in [1.29, 1.82) is 0 Å². The van der Waals surface area contributed by atoms with Gasteiger partial charge in [0, 0.05) is 18.6 Å². The quantitative estimate of drug-likeness (QED) is 0.630. The fourth-order valence-electron chi connectivity index (χ4n) is 2.54. The van der Waals surface area contributed by atoms with Crippen LogP contribution >= 0.6 is 0 Å². The van der Waals surface area contributed by atoms with Crippen LogP contribution in [0.25, 0.3) is 0 Å². The van der Waals surface area contributed by atoms with Crippen molar-refractivity contribution < 1.29 is 17.5 Å². The second-order valence-corrected chi connectivity index (χ2v) is 6.94. The Kier molecular flexibility index (Phi) is 5.69. The molecular weight excluding hydrogens is 298 g/mol. The standard InChI is InChI=1S/C17H21NO3S/c1-2-17(22(19,20)21)18-13-11-16(12-14-18)10-6-9-15-7-4-3-5-8-15/h3-5,7-8,11-14,17H,2,6,9-10H2,1H3/p+1. The van der Waals surface area contributed by atoms with Crippen LogP contribution in [-0.4, -0.2) is 13.0 Å². The molecule has 1 atom stereocenters. The van der Waals surface area contributed by atoms with Crippen molar-refractivity contribution in [1.82, 2.24) is 0 Å². The molecule has 2 rings (SSSR count). The van der Waals surface area contributed by atoms with Crippen LogP contribution in [-0.2, 0) is 23.0 Å². The van der Waals surface area contributed by atoms with Crippen LogP contribution in [0.5, 0.6) is 0 Å². The van der Waals surface area contributed by atoms with E-state index in [1.165, 1.54) is 10.1 Å². The first-order valence-electron chi connectivity index (χ1n) is 7.50. The van der Waals surface area contributed by atoms with E-state index in [1.54, 1.807) is 19.3 Å². The predicted molar refractivity (Wildman–Crippen MR) is 86.0 cm³/mol. The van der Waals surface area contributed by atoms with Gasteiger partial charge in [0.2, 0.25) is 0 Å². The Bertz CT molecular complexity index is 682. The van der Waals surface area contributed by atoms with Crippen LogP contribution in [0.1, 0.15) is 36.3 Å². The van der Waals surface area contributed by atoms with Crippen LogP contribution in [0.3, 0.4) is 0 Å². The Morgan fingerprint density at radius 3 is 2.05 bits per heavy atom. The summed E-state index contributed by atoms with van der Waals surface area (Å²) in [6, 6.07) is 14.2. The molecule has 0 aliphatic carbocycles. The van der Waals surface area contributed by atoms with Crippen LogP contribution in [0.4, 0.5) is 0 Å². The molecule has 22 heavy (non-hydrogen) atoms. The average molecular weight is 320 g/mol. The van der Waals surface area contributed by atoms with Crippen molar-refractivity contribution in [3.8, 4) is 0 Å². The number of rotatable bonds is 7. The first-order valence-corrected chi connectivity index (χ1v) is 9.01. The molecule has 0 fully saturated rings. The second-order valence-electron chi connectivity index (χ2n) is 5.37. The lowest BCUT2D eigenvalue weighted by Crippen LogP contribution is -2.42. The van der Waals surface area contributed by atoms with Gasteiger partial charge in [-0.15, -0.1) is 0 Å². The number of hydrogen-bond donors (Lipinski definition) is 1. The summed E-state index contributed by atoms with van der Waals surface area (Å²) in [5.74, 6) is 0. The molecule has 0 amide bonds. The van der Waals surface area contributed by atoms with Gasteiger partial charge in [-0.25, -0.2) is 0 Å². The van der Waals surface area contributed by atoms with E-state index in [2.05, 4.69) is 12.1 Å². The third-order valence-corrected chi connectivity index (χ3v) is 4.99. The summed E-state index contributed by atoms with van der Waals surface area (Å²) in [6.07, 6.45) is 6.79. The molecule has 1 unspecified atom stereocenters. The highest BCUT2D eigenvalue weighted by Crippen LogP contribution is 2.11. The zero-order valence-electron chi connectivity index (χ0n) is 12.7. The van der Waals surface area contributed by atoms with Gasteiger partial charge in [0.15, 0.2) is 12.4 Å². The van der Waals surface area contributed by atoms with Crippen LogP contribution in [0.2, 0.25) is 0 Å². The van der Waals surface area contributed by atoms with E-state index in [9.17, 15) is 13.0 Å². The summed E-state index contributed by atoms with van der Waals surface area (Å²) in [7, 11) is -4.07. The van der Waals surface area contributed by atoms with E-state index >= 15 is 0 Å². The summed E-state index contributed by atoms with van der Waals surface area (Å²) in [5, 5.41) is -0.911. The highest BCUT2D eigenvalue weighted by molar-refractivity contribution is 7.85. The monoisotopic (exact) mass is 320 g/mol. The summed E-state index contributed by atoms with van der Waals surface area (Å²) in [4.78, 5) is 0. The molecule has 0 saturated heterocycles. The number of aryl methyl sites for hydroxylation is 2. The molecule has 0 radical (unpaired) electrons. The predicted octanol–water partition coefficient (Wildman–Crippen LogP) is 2.95. The molecule has 118 valence electrons. The third kappa shape index (κ3) is 4.64. The molecule has 1 aromatic heterocycles. The summed E-state index contributed by atoms with van der Waals surface area (Å²) < 4.78 is 33.4. The lowest BCUT2D eigenvalue weighted by Gasteiger charge is -2.07. The Morgan fingerprint density at radius 2 is 1.55 bits per heavy atom. The molecule has 4 nitrogen and oxygen atoms in total. The minimum Gasteiger partial charge on any atom is -0.280 e. The zero-order valence-corrected chi connectivity index (χ0v) is 13.5. The lowest BCUT2D eigenvalue weighted by molar-refractivity contribution is -0.702. The van der Waals surface area contributed by atoms with Crippen LogP contribution < -0.4 is 4.57 Å². The lowest BCUT2D eigenvalue weighted by atomic mass is 10.1. The molecule has 1 N–H and O–H groups in total. The van der Waals surface area contributed by atoms with Gasteiger partial charge in [-0.3, -0.25) is 4.55 Å².